The average molecular weight is 404 g/mol. The summed E-state index contributed by atoms with van der Waals surface area (Å²) in [6, 6.07) is 4.47. The van der Waals surface area contributed by atoms with Crippen LogP contribution in [0.1, 0.15) is 18.4 Å². The van der Waals surface area contributed by atoms with Crippen molar-refractivity contribution in [2.75, 3.05) is 62.6 Å². The summed E-state index contributed by atoms with van der Waals surface area (Å²) in [4.78, 5) is 5.04. The Labute approximate surface area is 154 Å². The molecule has 2 aliphatic rings. The van der Waals surface area contributed by atoms with Crippen molar-refractivity contribution in [3.63, 3.8) is 0 Å². The Kier molecular flexibility index (Phi) is 7.47. The summed E-state index contributed by atoms with van der Waals surface area (Å²) in [6.45, 7) is 11.3. The predicted octanol–water partition coefficient (Wildman–Crippen LogP) is 3.10. The summed E-state index contributed by atoms with van der Waals surface area (Å²) in [5, 5.41) is 7.07. The molecular formula is C17H28BrClN4. The lowest BCUT2D eigenvalue weighted by molar-refractivity contribution is 0.352. The summed E-state index contributed by atoms with van der Waals surface area (Å²) in [5.41, 5.74) is 3.99. The predicted molar refractivity (Wildman–Crippen MR) is 105 cm³/mol. The van der Waals surface area contributed by atoms with Crippen molar-refractivity contribution >= 4 is 39.7 Å². The molecule has 3 rings (SSSR count). The normalized spacial score (nSPS) is 18.8. The molecule has 2 fully saturated rings. The van der Waals surface area contributed by atoms with Crippen molar-refractivity contribution in [1.29, 1.82) is 0 Å². The summed E-state index contributed by atoms with van der Waals surface area (Å²) in [7, 11) is 0. The molecule has 0 bridgehead atoms. The quantitative estimate of drug-likeness (QED) is 0.791. The van der Waals surface area contributed by atoms with Crippen molar-refractivity contribution in [2.24, 2.45) is 0 Å². The van der Waals surface area contributed by atoms with Gasteiger partial charge in [0.25, 0.3) is 0 Å². The van der Waals surface area contributed by atoms with Gasteiger partial charge in [-0.25, -0.2) is 0 Å². The molecule has 0 atom stereocenters. The van der Waals surface area contributed by atoms with E-state index in [-0.39, 0.29) is 12.4 Å². The molecule has 1 aromatic rings. The van der Waals surface area contributed by atoms with E-state index in [0.29, 0.717) is 0 Å². The van der Waals surface area contributed by atoms with Crippen LogP contribution in [0.25, 0.3) is 0 Å². The maximum absolute atomic E-state index is 3.68. The topological polar surface area (TPSA) is 30.5 Å². The van der Waals surface area contributed by atoms with Gasteiger partial charge < -0.3 is 20.4 Å². The Bertz CT molecular complexity index is 500. The maximum atomic E-state index is 3.68. The zero-order valence-corrected chi connectivity index (χ0v) is 16.3. The van der Waals surface area contributed by atoms with E-state index in [0.717, 1.165) is 43.7 Å². The number of likely N-dealkylation sites (tertiary alicyclic amines) is 1. The first-order valence-electron chi connectivity index (χ1n) is 8.46. The van der Waals surface area contributed by atoms with Gasteiger partial charge in [-0.05, 0) is 50.6 Å². The number of hydrogen-bond donors (Lipinski definition) is 2. The number of anilines is 2. The van der Waals surface area contributed by atoms with Crippen molar-refractivity contribution in [2.45, 2.75) is 19.8 Å². The highest BCUT2D eigenvalue weighted by atomic mass is 79.9. The SMILES string of the molecule is Cc1c(NCCN2CCCC2)cc(Br)cc1N1CCNCC1.Cl. The molecule has 0 aromatic heterocycles. The van der Waals surface area contributed by atoms with Crippen LogP contribution in [-0.2, 0) is 0 Å². The largest absolute Gasteiger partial charge is 0.383 e. The first-order valence-corrected chi connectivity index (χ1v) is 9.25. The van der Waals surface area contributed by atoms with Gasteiger partial charge in [0, 0.05) is 55.1 Å². The molecule has 1 aromatic carbocycles. The zero-order valence-electron chi connectivity index (χ0n) is 13.9. The van der Waals surface area contributed by atoms with Crippen LogP contribution in [0.2, 0.25) is 0 Å². The summed E-state index contributed by atoms with van der Waals surface area (Å²) >= 11 is 3.68. The molecule has 0 saturated carbocycles. The molecule has 2 N–H and O–H groups in total. The van der Waals surface area contributed by atoms with Gasteiger partial charge in [0.05, 0.1) is 0 Å². The van der Waals surface area contributed by atoms with Crippen molar-refractivity contribution in [3.05, 3.63) is 22.2 Å². The number of piperazine rings is 1. The third-order valence-corrected chi connectivity index (χ3v) is 5.20. The van der Waals surface area contributed by atoms with Gasteiger partial charge in [-0.2, -0.15) is 0 Å². The second-order valence-electron chi connectivity index (χ2n) is 6.31. The van der Waals surface area contributed by atoms with E-state index < -0.39 is 0 Å². The lowest BCUT2D eigenvalue weighted by Crippen LogP contribution is -2.43. The van der Waals surface area contributed by atoms with E-state index >= 15 is 0 Å². The average Bonchev–Trinajstić information content (AvgIpc) is 3.04. The molecule has 6 heteroatoms. The fourth-order valence-corrected chi connectivity index (χ4v) is 3.88. The van der Waals surface area contributed by atoms with Crippen LogP contribution in [-0.4, -0.2) is 57.3 Å². The molecule has 0 radical (unpaired) electrons. The summed E-state index contributed by atoms with van der Waals surface area (Å²) in [6.07, 6.45) is 2.73. The van der Waals surface area contributed by atoms with E-state index in [9.17, 15) is 0 Å². The Hall–Kier alpha value is -0.490. The lowest BCUT2D eigenvalue weighted by Gasteiger charge is -2.31. The molecular weight excluding hydrogens is 376 g/mol. The van der Waals surface area contributed by atoms with Crippen LogP contribution < -0.4 is 15.5 Å². The van der Waals surface area contributed by atoms with Gasteiger partial charge in [-0.15, -0.1) is 12.4 Å². The number of nitrogens with one attached hydrogen (secondary N) is 2. The first-order chi connectivity index (χ1) is 10.7. The Morgan fingerprint density at radius 2 is 1.83 bits per heavy atom. The highest BCUT2D eigenvalue weighted by molar-refractivity contribution is 9.10. The molecule has 0 unspecified atom stereocenters. The number of rotatable bonds is 5. The van der Waals surface area contributed by atoms with Gasteiger partial charge in [0.15, 0.2) is 0 Å². The number of halogens is 2. The molecule has 0 amide bonds. The first kappa shape index (κ1) is 18.8. The third-order valence-electron chi connectivity index (χ3n) is 4.74. The highest BCUT2D eigenvalue weighted by Gasteiger charge is 2.16. The molecule has 130 valence electrons. The molecule has 2 aliphatic heterocycles. The number of hydrogen-bond acceptors (Lipinski definition) is 4. The Morgan fingerprint density at radius 1 is 1.13 bits per heavy atom. The van der Waals surface area contributed by atoms with E-state index in [1.54, 1.807) is 0 Å². The van der Waals surface area contributed by atoms with Crippen molar-refractivity contribution in [1.82, 2.24) is 10.2 Å². The van der Waals surface area contributed by atoms with Crippen LogP contribution >= 0.6 is 28.3 Å². The lowest BCUT2D eigenvalue weighted by atomic mass is 10.1. The van der Waals surface area contributed by atoms with E-state index in [2.05, 4.69) is 55.4 Å². The Balaban J connectivity index is 0.00000192. The molecule has 4 nitrogen and oxygen atoms in total. The highest BCUT2D eigenvalue weighted by Crippen LogP contribution is 2.31. The van der Waals surface area contributed by atoms with Gasteiger partial charge in [-0.3, -0.25) is 0 Å². The minimum absolute atomic E-state index is 0. The van der Waals surface area contributed by atoms with E-state index in [1.807, 2.05) is 0 Å². The molecule has 2 heterocycles. The fourth-order valence-electron chi connectivity index (χ4n) is 3.44. The third kappa shape index (κ3) is 4.99. The van der Waals surface area contributed by atoms with Crippen LogP contribution in [0.5, 0.6) is 0 Å². The van der Waals surface area contributed by atoms with E-state index in [1.165, 1.54) is 42.9 Å². The van der Waals surface area contributed by atoms with Crippen molar-refractivity contribution in [3.8, 4) is 0 Å². The minimum Gasteiger partial charge on any atom is -0.383 e. The fraction of sp³-hybridized carbons (Fsp3) is 0.647. The van der Waals surface area contributed by atoms with Crippen LogP contribution in [0.3, 0.4) is 0 Å². The summed E-state index contributed by atoms with van der Waals surface area (Å²) < 4.78 is 1.16. The van der Waals surface area contributed by atoms with Crippen LogP contribution in [0, 0.1) is 6.92 Å². The maximum Gasteiger partial charge on any atom is 0.0428 e. The second kappa shape index (κ2) is 9.11. The molecule has 0 spiro atoms. The number of benzene rings is 1. The van der Waals surface area contributed by atoms with Gasteiger partial charge in [0.2, 0.25) is 0 Å². The zero-order chi connectivity index (χ0) is 15.4. The second-order valence-corrected chi connectivity index (χ2v) is 7.23. The molecule has 0 aliphatic carbocycles. The van der Waals surface area contributed by atoms with E-state index in [4.69, 9.17) is 0 Å². The molecule has 2 saturated heterocycles. The standard InChI is InChI=1S/C17H27BrN4.ClH/c1-14-16(20-6-9-21-7-2-3-8-21)12-15(18)13-17(14)22-10-4-19-5-11-22;/h12-13,19-20H,2-11H2,1H3;1H. The van der Waals surface area contributed by atoms with Gasteiger partial charge in [-0.1, -0.05) is 15.9 Å². The Morgan fingerprint density at radius 3 is 2.52 bits per heavy atom. The van der Waals surface area contributed by atoms with Crippen LogP contribution in [0.15, 0.2) is 16.6 Å². The smallest absolute Gasteiger partial charge is 0.0428 e. The summed E-state index contributed by atoms with van der Waals surface area (Å²) in [5.74, 6) is 0. The van der Waals surface area contributed by atoms with Gasteiger partial charge in [0.1, 0.15) is 0 Å². The molecule has 23 heavy (non-hydrogen) atoms. The minimum atomic E-state index is 0. The van der Waals surface area contributed by atoms with Gasteiger partial charge >= 0.3 is 0 Å². The van der Waals surface area contributed by atoms with Crippen molar-refractivity contribution < 1.29 is 0 Å². The van der Waals surface area contributed by atoms with Crippen LogP contribution in [0.4, 0.5) is 11.4 Å². The monoisotopic (exact) mass is 402 g/mol. The number of nitrogens with zero attached hydrogens (tertiary/aromatic N) is 2.